The predicted octanol–water partition coefficient (Wildman–Crippen LogP) is 9.93. The fourth-order valence-corrected chi connectivity index (χ4v) is 5.26. The van der Waals surface area contributed by atoms with Crippen LogP contribution in [0.1, 0.15) is 107 Å². The molecular formula is C31H43NO3S. The standard InChI is InChI=1S/C31H43NO3S/c1-4-5-6-7-8-9-10-11-12-13-14-15-16-17-22-35-29-23-25(2)18-20-27(29)30-21-19-26(36-30)24-28(32-3)31(33)34/h18-21,23-24H,4-17,22H2,1-2H3,(H,33,34)/b28-24-. The van der Waals surface area contributed by atoms with Crippen LogP contribution in [0, 0.1) is 13.5 Å². The van der Waals surface area contributed by atoms with Crippen molar-refractivity contribution in [3.63, 3.8) is 0 Å². The molecule has 0 amide bonds. The van der Waals surface area contributed by atoms with Crippen LogP contribution in [0.5, 0.6) is 5.75 Å². The molecule has 0 saturated carbocycles. The number of aryl methyl sites for hydroxylation is 1. The number of rotatable bonds is 19. The maximum atomic E-state index is 11.1. The lowest BCUT2D eigenvalue weighted by Crippen LogP contribution is -1.99. The second-order valence-electron chi connectivity index (χ2n) is 9.59. The Labute approximate surface area is 222 Å². The summed E-state index contributed by atoms with van der Waals surface area (Å²) in [6, 6.07) is 10.00. The second kappa shape index (κ2) is 17.8. The molecule has 0 unspecified atom stereocenters. The highest BCUT2D eigenvalue weighted by molar-refractivity contribution is 7.16. The van der Waals surface area contributed by atoms with E-state index in [0.717, 1.165) is 33.1 Å². The van der Waals surface area contributed by atoms with Gasteiger partial charge in [0.1, 0.15) is 5.75 Å². The van der Waals surface area contributed by atoms with Crippen LogP contribution in [-0.2, 0) is 4.79 Å². The van der Waals surface area contributed by atoms with Crippen LogP contribution < -0.4 is 4.74 Å². The Balaban J connectivity index is 1.68. The minimum atomic E-state index is -1.20. The van der Waals surface area contributed by atoms with E-state index in [1.165, 1.54) is 101 Å². The van der Waals surface area contributed by atoms with Gasteiger partial charge in [-0.25, -0.2) is 4.85 Å². The van der Waals surface area contributed by atoms with Crippen molar-refractivity contribution in [3.05, 3.63) is 57.9 Å². The summed E-state index contributed by atoms with van der Waals surface area (Å²) >= 11 is 1.47. The van der Waals surface area contributed by atoms with E-state index >= 15 is 0 Å². The zero-order chi connectivity index (χ0) is 26.0. The van der Waals surface area contributed by atoms with E-state index in [4.69, 9.17) is 16.4 Å². The number of carboxylic acids is 1. The third-order valence-electron chi connectivity index (χ3n) is 6.40. The van der Waals surface area contributed by atoms with Gasteiger partial charge in [-0.05, 0) is 49.2 Å². The van der Waals surface area contributed by atoms with Crippen LogP contribution in [-0.4, -0.2) is 17.7 Å². The summed E-state index contributed by atoms with van der Waals surface area (Å²) in [6.45, 7) is 12.1. The van der Waals surface area contributed by atoms with Crippen LogP contribution in [0.4, 0.5) is 0 Å². The number of unbranched alkanes of at least 4 members (excludes halogenated alkanes) is 13. The zero-order valence-corrected chi connectivity index (χ0v) is 23.0. The molecule has 0 fully saturated rings. The van der Waals surface area contributed by atoms with E-state index < -0.39 is 5.97 Å². The number of benzene rings is 1. The Kier molecular flexibility index (Phi) is 14.6. The molecular weight excluding hydrogens is 466 g/mol. The average molecular weight is 510 g/mol. The minimum absolute atomic E-state index is 0.276. The van der Waals surface area contributed by atoms with Gasteiger partial charge in [-0.15, -0.1) is 11.3 Å². The van der Waals surface area contributed by atoms with Gasteiger partial charge in [0.05, 0.1) is 13.2 Å². The van der Waals surface area contributed by atoms with E-state index in [0.29, 0.717) is 6.61 Å². The molecule has 4 nitrogen and oxygen atoms in total. The summed E-state index contributed by atoms with van der Waals surface area (Å²) in [6.07, 6.45) is 20.2. The van der Waals surface area contributed by atoms with Crippen LogP contribution in [0.3, 0.4) is 0 Å². The summed E-state index contributed by atoms with van der Waals surface area (Å²) in [5.74, 6) is -0.335. The number of aliphatic carboxylic acids is 1. The topological polar surface area (TPSA) is 50.9 Å². The maximum Gasteiger partial charge on any atom is 0.333 e. The number of hydrogen-bond acceptors (Lipinski definition) is 3. The van der Waals surface area contributed by atoms with Gasteiger partial charge in [-0.1, -0.05) is 96.5 Å². The van der Waals surface area contributed by atoms with Gasteiger partial charge < -0.3 is 9.84 Å². The first-order valence-corrected chi connectivity index (χ1v) is 14.5. The van der Waals surface area contributed by atoms with Gasteiger partial charge in [-0.2, -0.15) is 0 Å². The molecule has 0 spiro atoms. The Hall–Kier alpha value is -2.58. The first kappa shape index (κ1) is 29.6. The molecule has 2 aromatic rings. The monoisotopic (exact) mass is 509 g/mol. The molecule has 0 atom stereocenters. The van der Waals surface area contributed by atoms with Gasteiger partial charge in [0.2, 0.25) is 0 Å². The summed E-state index contributed by atoms with van der Waals surface area (Å²) in [4.78, 5) is 16.0. The Morgan fingerprint density at radius 1 is 0.917 bits per heavy atom. The molecule has 1 heterocycles. The molecule has 5 heteroatoms. The van der Waals surface area contributed by atoms with Gasteiger partial charge in [-0.3, -0.25) is 4.79 Å². The predicted molar refractivity (Wildman–Crippen MR) is 153 cm³/mol. The summed E-state index contributed by atoms with van der Waals surface area (Å²) in [7, 11) is 0. The average Bonchev–Trinajstić information content (AvgIpc) is 3.33. The van der Waals surface area contributed by atoms with Gasteiger partial charge in [0.15, 0.2) is 0 Å². The number of carboxylic acid groups (broad SMARTS) is 1. The fraction of sp³-hybridized carbons (Fsp3) is 0.548. The van der Waals surface area contributed by atoms with E-state index in [1.807, 2.05) is 12.1 Å². The van der Waals surface area contributed by atoms with Crippen LogP contribution in [0.2, 0.25) is 0 Å². The smallest absolute Gasteiger partial charge is 0.333 e. The molecule has 1 aromatic heterocycles. The molecule has 2 rings (SSSR count). The fourth-order valence-electron chi connectivity index (χ4n) is 4.28. The number of thiophene rings is 1. The largest absolute Gasteiger partial charge is 0.493 e. The van der Waals surface area contributed by atoms with Crippen LogP contribution in [0.15, 0.2) is 36.0 Å². The van der Waals surface area contributed by atoms with E-state index in [-0.39, 0.29) is 5.70 Å². The molecule has 0 saturated heterocycles. The molecule has 1 aromatic carbocycles. The first-order chi connectivity index (χ1) is 17.5. The summed E-state index contributed by atoms with van der Waals surface area (Å²) in [5, 5.41) is 9.10. The minimum Gasteiger partial charge on any atom is -0.493 e. The highest BCUT2D eigenvalue weighted by Crippen LogP contribution is 2.36. The van der Waals surface area contributed by atoms with Crippen molar-refractivity contribution in [1.29, 1.82) is 0 Å². The molecule has 0 radical (unpaired) electrons. The van der Waals surface area contributed by atoms with Crippen LogP contribution in [0.25, 0.3) is 21.4 Å². The lowest BCUT2D eigenvalue weighted by atomic mass is 10.0. The van der Waals surface area contributed by atoms with E-state index in [2.05, 4.69) is 36.9 Å². The van der Waals surface area contributed by atoms with E-state index in [1.54, 1.807) is 0 Å². The van der Waals surface area contributed by atoms with Gasteiger partial charge >= 0.3 is 5.97 Å². The van der Waals surface area contributed by atoms with Crippen molar-refractivity contribution >= 4 is 23.4 Å². The molecule has 36 heavy (non-hydrogen) atoms. The van der Waals surface area contributed by atoms with Crippen molar-refractivity contribution < 1.29 is 14.6 Å². The number of nitrogens with zero attached hydrogens (tertiary/aromatic N) is 1. The van der Waals surface area contributed by atoms with Crippen LogP contribution >= 0.6 is 11.3 Å². The van der Waals surface area contributed by atoms with Gasteiger partial charge in [0, 0.05) is 15.3 Å². The molecule has 0 aliphatic heterocycles. The Morgan fingerprint density at radius 2 is 1.50 bits per heavy atom. The number of ether oxygens (including phenoxy) is 1. The number of hydrogen-bond donors (Lipinski definition) is 1. The molecule has 196 valence electrons. The lowest BCUT2D eigenvalue weighted by molar-refractivity contribution is -0.132. The van der Waals surface area contributed by atoms with Crippen molar-refractivity contribution in [2.45, 2.75) is 104 Å². The normalized spacial score (nSPS) is 11.4. The Bertz CT molecular complexity index is 986. The highest BCUT2D eigenvalue weighted by atomic mass is 32.1. The third-order valence-corrected chi connectivity index (χ3v) is 7.47. The maximum absolute atomic E-state index is 11.1. The lowest BCUT2D eigenvalue weighted by Gasteiger charge is -2.12. The summed E-state index contributed by atoms with van der Waals surface area (Å²) in [5.41, 5.74) is 1.88. The molecule has 0 aliphatic carbocycles. The van der Waals surface area contributed by atoms with Crippen molar-refractivity contribution in [3.8, 4) is 16.2 Å². The summed E-state index contributed by atoms with van der Waals surface area (Å²) < 4.78 is 6.18. The molecule has 0 aliphatic rings. The first-order valence-electron chi connectivity index (χ1n) is 13.7. The van der Waals surface area contributed by atoms with Crippen molar-refractivity contribution in [1.82, 2.24) is 0 Å². The molecule has 1 N–H and O–H groups in total. The highest BCUT2D eigenvalue weighted by Gasteiger charge is 2.12. The SMILES string of the molecule is [C-]#[N+]/C(=C\c1ccc(-c2ccc(C)cc2OCCCCCCCCCCCCCCCC)s1)C(=O)O. The molecule has 0 bridgehead atoms. The Morgan fingerprint density at radius 3 is 2.06 bits per heavy atom. The zero-order valence-electron chi connectivity index (χ0n) is 22.2. The van der Waals surface area contributed by atoms with Crippen molar-refractivity contribution in [2.24, 2.45) is 0 Å². The second-order valence-corrected chi connectivity index (χ2v) is 10.7. The third kappa shape index (κ3) is 11.4. The quantitative estimate of drug-likeness (QED) is 0.116. The van der Waals surface area contributed by atoms with Gasteiger partial charge in [0.25, 0.3) is 5.70 Å². The number of carbonyl (C=O) groups is 1. The van der Waals surface area contributed by atoms with Crippen molar-refractivity contribution in [2.75, 3.05) is 6.61 Å². The van der Waals surface area contributed by atoms with E-state index in [9.17, 15) is 4.79 Å².